The number of primary amides is 1. The zero-order chi connectivity index (χ0) is 19.6. The normalized spacial score (nSPS) is 11.7. The maximum Gasteiger partial charge on any atom is 0.490 e. The Kier molecular flexibility index (Phi) is 9.16. The molecule has 0 aliphatic rings. The number of nitrogens with two attached hydrogens (primary N) is 2. The lowest BCUT2D eigenvalue weighted by Crippen LogP contribution is -2.48. The second-order valence-corrected chi connectivity index (χ2v) is 4.65. The van der Waals surface area contributed by atoms with Gasteiger partial charge in [0, 0.05) is 7.05 Å². The number of urea groups is 1. The van der Waals surface area contributed by atoms with Crippen LogP contribution in [0.2, 0.25) is 0 Å². The van der Waals surface area contributed by atoms with Crippen LogP contribution in [0.1, 0.15) is 5.56 Å². The summed E-state index contributed by atoms with van der Waals surface area (Å²) in [4.78, 5) is 32.0. The van der Waals surface area contributed by atoms with Crippen molar-refractivity contribution in [2.24, 2.45) is 11.5 Å². The summed E-state index contributed by atoms with van der Waals surface area (Å²) in [6.07, 6.45) is -5.08. The number of nitrogens with zero attached hydrogens (tertiary/aromatic N) is 1. The van der Waals surface area contributed by atoms with Gasteiger partial charge in [0.2, 0.25) is 5.91 Å². The summed E-state index contributed by atoms with van der Waals surface area (Å²) in [5.41, 5.74) is 11.5. The Morgan fingerprint density at radius 3 is 2.12 bits per heavy atom. The number of carbonyl (C=O) groups is 3. The van der Waals surface area contributed by atoms with Crippen molar-refractivity contribution in [2.75, 3.05) is 13.7 Å². The monoisotopic (exact) mass is 365 g/mol. The molecule has 0 fully saturated rings. The number of carboxylic acids is 1. The predicted octanol–water partition coefficient (Wildman–Crippen LogP) is 0.701. The van der Waals surface area contributed by atoms with Crippen molar-refractivity contribution in [3.63, 3.8) is 0 Å². The highest BCUT2D eigenvalue weighted by Crippen LogP contribution is 2.13. The summed E-state index contributed by atoms with van der Waals surface area (Å²) in [6, 6.07) is 7.77. The molecule has 0 saturated carbocycles. The van der Waals surface area contributed by atoms with Gasteiger partial charge in [0.15, 0.2) is 0 Å². The number of ether oxygens (including phenoxy) is 1. The predicted molar refractivity (Wildman–Crippen MR) is 80.1 cm³/mol. The van der Waals surface area contributed by atoms with E-state index in [1.807, 2.05) is 30.3 Å². The maximum atomic E-state index is 11.5. The molecule has 0 spiro atoms. The molecule has 0 unspecified atom stereocenters. The summed E-state index contributed by atoms with van der Waals surface area (Å²) in [7, 11) is 1.28. The van der Waals surface area contributed by atoms with Crippen LogP contribution in [0.15, 0.2) is 30.3 Å². The van der Waals surface area contributed by atoms with E-state index in [2.05, 4.69) is 0 Å². The Morgan fingerprint density at radius 2 is 1.72 bits per heavy atom. The van der Waals surface area contributed by atoms with Crippen LogP contribution in [0.3, 0.4) is 0 Å². The molecule has 140 valence electrons. The summed E-state index contributed by atoms with van der Waals surface area (Å²) in [5, 5.41) is 7.12. The van der Waals surface area contributed by atoms with Crippen molar-refractivity contribution in [3.8, 4) is 0 Å². The van der Waals surface area contributed by atoms with E-state index in [0.717, 1.165) is 10.5 Å². The van der Waals surface area contributed by atoms with Crippen LogP contribution in [0.5, 0.6) is 0 Å². The number of amides is 3. The van der Waals surface area contributed by atoms with E-state index in [1.54, 1.807) is 0 Å². The summed E-state index contributed by atoms with van der Waals surface area (Å²) < 4.78 is 37.0. The number of likely N-dealkylation sites (N-methyl/N-ethyl adjacent to an activating group) is 1. The van der Waals surface area contributed by atoms with Gasteiger partial charge in [0.1, 0.15) is 6.04 Å². The fourth-order valence-electron chi connectivity index (χ4n) is 1.31. The first-order chi connectivity index (χ1) is 11.5. The van der Waals surface area contributed by atoms with E-state index in [-0.39, 0.29) is 6.61 Å². The van der Waals surface area contributed by atoms with Crippen molar-refractivity contribution in [1.29, 1.82) is 0 Å². The highest BCUT2D eigenvalue weighted by molar-refractivity contribution is 5.96. The molecule has 11 heteroatoms. The molecule has 1 rings (SSSR count). The first-order valence-corrected chi connectivity index (χ1v) is 6.71. The Balaban J connectivity index is 0.000000697. The molecule has 25 heavy (non-hydrogen) atoms. The van der Waals surface area contributed by atoms with E-state index in [1.165, 1.54) is 7.05 Å². The Labute approximate surface area is 141 Å². The first kappa shape index (κ1) is 22.3. The molecule has 1 aromatic carbocycles. The Bertz CT molecular complexity index is 581. The largest absolute Gasteiger partial charge is 0.490 e. The van der Waals surface area contributed by atoms with Crippen LogP contribution in [0.4, 0.5) is 18.0 Å². The minimum Gasteiger partial charge on any atom is -0.475 e. The smallest absolute Gasteiger partial charge is 0.475 e. The summed E-state index contributed by atoms with van der Waals surface area (Å²) >= 11 is 0. The lowest BCUT2D eigenvalue weighted by Gasteiger charge is -2.17. The van der Waals surface area contributed by atoms with Gasteiger partial charge in [0.25, 0.3) is 0 Å². The summed E-state index contributed by atoms with van der Waals surface area (Å²) in [5.74, 6) is -3.32. The standard InChI is InChI=1S/C12H17N3O3.C2HF3O2/c1-15(12(14)17)11(16)10(13)8-18-7-9-5-3-2-4-6-9;3-2(4,5)1(6)7/h2-6,10H,7-8,13H2,1H3,(H2,14,17);(H,6,7)/t10-;/m1./s1. The molecule has 0 aromatic heterocycles. The molecule has 5 N–H and O–H groups in total. The van der Waals surface area contributed by atoms with Gasteiger partial charge in [-0.25, -0.2) is 9.59 Å². The number of alkyl halides is 3. The quantitative estimate of drug-likeness (QED) is 0.703. The van der Waals surface area contributed by atoms with E-state index >= 15 is 0 Å². The number of hydrogen-bond donors (Lipinski definition) is 3. The van der Waals surface area contributed by atoms with E-state index in [0.29, 0.717) is 6.61 Å². The number of hydrogen-bond acceptors (Lipinski definition) is 5. The van der Waals surface area contributed by atoms with E-state index in [9.17, 15) is 22.8 Å². The van der Waals surface area contributed by atoms with Crippen LogP contribution >= 0.6 is 0 Å². The Morgan fingerprint density at radius 1 is 1.24 bits per heavy atom. The van der Waals surface area contributed by atoms with Crippen LogP contribution < -0.4 is 11.5 Å². The number of halogens is 3. The van der Waals surface area contributed by atoms with E-state index < -0.39 is 30.1 Å². The highest BCUT2D eigenvalue weighted by atomic mass is 19.4. The number of carboxylic acid groups (broad SMARTS) is 1. The van der Waals surface area contributed by atoms with Crippen LogP contribution in [0, 0.1) is 0 Å². The lowest BCUT2D eigenvalue weighted by atomic mass is 10.2. The molecule has 3 amide bonds. The van der Waals surface area contributed by atoms with Gasteiger partial charge in [-0.05, 0) is 5.56 Å². The van der Waals surface area contributed by atoms with Crippen molar-refractivity contribution in [1.82, 2.24) is 4.90 Å². The fourth-order valence-corrected chi connectivity index (χ4v) is 1.31. The van der Waals surface area contributed by atoms with Crippen LogP contribution in [-0.2, 0) is 20.9 Å². The minimum absolute atomic E-state index is 0.0331. The third kappa shape index (κ3) is 9.27. The minimum atomic E-state index is -5.08. The van der Waals surface area contributed by atoms with Gasteiger partial charge < -0.3 is 21.3 Å². The second kappa shape index (κ2) is 10.3. The lowest BCUT2D eigenvalue weighted by molar-refractivity contribution is -0.192. The zero-order valence-electron chi connectivity index (χ0n) is 13.2. The van der Waals surface area contributed by atoms with Crippen molar-refractivity contribution in [3.05, 3.63) is 35.9 Å². The summed E-state index contributed by atoms with van der Waals surface area (Å²) in [6.45, 7) is 0.396. The molecule has 0 radical (unpaired) electrons. The van der Waals surface area contributed by atoms with Crippen LogP contribution in [-0.4, -0.2) is 53.8 Å². The fraction of sp³-hybridized carbons (Fsp3) is 0.357. The zero-order valence-corrected chi connectivity index (χ0v) is 13.2. The third-order valence-electron chi connectivity index (χ3n) is 2.63. The van der Waals surface area contributed by atoms with Crippen molar-refractivity contribution >= 4 is 17.9 Å². The molecule has 1 atom stereocenters. The van der Waals surface area contributed by atoms with E-state index in [4.69, 9.17) is 26.1 Å². The number of rotatable bonds is 5. The highest BCUT2D eigenvalue weighted by Gasteiger charge is 2.38. The van der Waals surface area contributed by atoms with Gasteiger partial charge in [-0.1, -0.05) is 30.3 Å². The number of imide groups is 1. The average molecular weight is 365 g/mol. The molecule has 1 aromatic rings. The molecule has 0 bridgehead atoms. The van der Waals surface area contributed by atoms with Crippen molar-refractivity contribution in [2.45, 2.75) is 18.8 Å². The van der Waals surface area contributed by atoms with Crippen LogP contribution in [0.25, 0.3) is 0 Å². The third-order valence-corrected chi connectivity index (χ3v) is 2.63. The topological polar surface area (TPSA) is 136 Å². The maximum absolute atomic E-state index is 11.5. The first-order valence-electron chi connectivity index (χ1n) is 6.71. The van der Waals surface area contributed by atoms with Gasteiger partial charge in [0.05, 0.1) is 13.2 Å². The molecular formula is C14H18F3N3O5. The number of benzene rings is 1. The van der Waals surface area contributed by atoms with Gasteiger partial charge in [-0.3, -0.25) is 9.69 Å². The van der Waals surface area contributed by atoms with Gasteiger partial charge >= 0.3 is 18.2 Å². The van der Waals surface area contributed by atoms with Gasteiger partial charge in [-0.2, -0.15) is 13.2 Å². The molecule has 0 saturated heterocycles. The van der Waals surface area contributed by atoms with Crippen molar-refractivity contribution < 1.29 is 37.4 Å². The molecule has 8 nitrogen and oxygen atoms in total. The molecule has 0 heterocycles. The Hall–Kier alpha value is -2.66. The molecule has 0 aliphatic heterocycles. The molecular weight excluding hydrogens is 347 g/mol. The van der Waals surface area contributed by atoms with Gasteiger partial charge in [-0.15, -0.1) is 0 Å². The average Bonchev–Trinajstić information content (AvgIpc) is 2.53. The second-order valence-electron chi connectivity index (χ2n) is 4.65. The SMILES string of the molecule is CN(C(N)=O)C(=O)[C@H](N)COCc1ccccc1.O=C(O)C(F)(F)F. The molecule has 0 aliphatic carbocycles. The number of aliphatic carboxylic acids is 1. The number of carbonyl (C=O) groups excluding carboxylic acids is 2.